The summed E-state index contributed by atoms with van der Waals surface area (Å²) in [6.45, 7) is -1.99. The molecule has 0 aromatic carbocycles. The SMILES string of the molecule is Nc1ncnc2c1ncn2[C@@H]1O[C@@H]2COP(=O)([O-])O[C@H]3[C@@H](F)[C@H](n4cnc5c(N)ncnc54)O[C@@H]3COP(=O)([O-])O[C@H]2[C@H]1F.[NH4+].[NH4+]. The van der Waals surface area contributed by atoms with Crippen LogP contribution in [0.15, 0.2) is 25.3 Å². The van der Waals surface area contributed by atoms with Crippen LogP contribution in [0, 0.1) is 0 Å². The van der Waals surface area contributed by atoms with Crippen molar-refractivity contribution in [3.63, 3.8) is 0 Å². The number of anilines is 2. The first-order valence-corrected chi connectivity index (χ1v) is 15.6. The topological polar surface area (TPSA) is 348 Å². The lowest BCUT2D eigenvalue weighted by atomic mass is 10.1. The van der Waals surface area contributed by atoms with Gasteiger partial charge in [0, 0.05) is 0 Å². The Balaban J connectivity index is 0.00000208. The number of aromatic nitrogens is 8. The number of nitrogens with zero attached hydrogens (tertiary/aromatic N) is 8. The van der Waals surface area contributed by atoms with Crippen molar-refractivity contribution in [2.45, 2.75) is 49.2 Å². The summed E-state index contributed by atoms with van der Waals surface area (Å²) in [6, 6.07) is 0. The fraction of sp³-hybridized carbons (Fsp3) is 0.500. The van der Waals surface area contributed by atoms with Crippen molar-refractivity contribution in [2.75, 3.05) is 24.7 Å². The molecule has 4 aromatic heterocycles. The van der Waals surface area contributed by atoms with Gasteiger partial charge in [-0.2, -0.15) is 0 Å². The summed E-state index contributed by atoms with van der Waals surface area (Å²) >= 11 is 0. The van der Waals surface area contributed by atoms with Crippen LogP contribution in [0.2, 0.25) is 0 Å². The molecule has 22 nitrogen and oxygen atoms in total. The van der Waals surface area contributed by atoms with Gasteiger partial charge in [0.25, 0.3) is 15.6 Å². The van der Waals surface area contributed by atoms with Crippen LogP contribution in [-0.2, 0) is 36.7 Å². The van der Waals surface area contributed by atoms with Crippen molar-refractivity contribution in [1.29, 1.82) is 0 Å². The van der Waals surface area contributed by atoms with E-state index < -0.39 is 78.1 Å². The molecular weight excluding hydrogens is 668 g/mol. The molecule has 12 N–H and O–H groups in total. The second-order valence-corrected chi connectivity index (χ2v) is 12.5. The first-order valence-electron chi connectivity index (χ1n) is 12.7. The first kappa shape index (κ1) is 34.0. The van der Waals surface area contributed by atoms with Crippen molar-refractivity contribution < 1.29 is 55.3 Å². The summed E-state index contributed by atoms with van der Waals surface area (Å²) in [6.07, 6.45) is -10.6. The van der Waals surface area contributed by atoms with Crippen molar-refractivity contribution in [1.82, 2.24) is 51.3 Å². The van der Waals surface area contributed by atoms with Crippen LogP contribution >= 0.6 is 15.6 Å². The Hall–Kier alpha value is -3.38. The minimum absolute atomic E-state index is 0. The predicted octanol–water partition coefficient (Wildman–Crippen LogP) is -0.192. The molecule has 7 rings (SSSR count). The van der Waals surface area contributed by atoms with E-state index in [1.165, 1.54) is 0 Å². The third kappa shape index (κ3) is 5.83. The predicted molar refractivity (Wildman–Crippen MR) is 146 cm³/mol. The number of imidazole rings is 2. The molecule has 2 unspecified atom stereocenters. The Morgan fingerprint density at radius 3 is 1.50 bits per heavy atom. The molecule has 0 aliphatic carbocycles. The van der Waals surface area contributed by atoms with Crippen molar-refractivity contribution in [3.8, 4) is 0 Å². The third-order valence-electron chi connectivity index (χ3n) is 7.15. The lowest BCUT2D eigenvalue weighted by Crippen LogP contribution is -2.39. The van der Waals surface area contributed by atoms with Gasteiger partial charge in [-0.1, -0.05) is 0 Å². The quantitative estimate of drug-likeness (QED) is 0.197. The van der Waals surface area contributed by atoms with Crippen LogP contribution in [0.4, 0.5) is 20.4 Å². The molecule has 0 saturated carbocycles. The van der Waals surface area contributed by atoms with E-state index in [4.69, 9.17) is 39.0 Å². The van der Waals surface area contributed by atoms with E-state index >= 15 is 8.78 Å². The highest BCUT2D eigenvalue weighted by Crippen LogP contribution is 2.51. The molecule has 46 heavy (non-hydrogen) atoms. The summed E-state index contributed by atoms with van der Waals surface area (Å²) in [7, 11) is -10.8. The summed E-state index contributed by atoms with van der Waals surface area (Å²) in [5, 5.41) is 0. The number of phosphoric ester groups is 2. The molecule has 0 amide bonds. The number of alkyl halides is 2. The van der Waals surface area contributed by atoms with Crippen LogP contribution in [-0.4, -0.2) is 89.0 Å². The van der Waals surface area contributed by atoms with Crippen LogP contribution in [0.1, 0.15) is 12.5 Å². The highest BCUT2D eigenvalue weighted by atomic mass is 31.2. The molecule has 0 spiro atoms. The van der Waals surface area contributed by atoms with Gasteiger partial charge in [0.05, 0.1) is 25.9 Å². The van der Waals surface area contributed by atoms with Crippen molar-refractivity contribution in [3.05, 3.63) is 25.3 Å². The molecule has 0 bridgehead atoms. The normalized spacial score (nSPS) is 36.6. The molecule has 252 valence electrons. The lowest BCUT2D eigenvalue weighted by Gasteiger charge is -2.34. The zero-order valence-corrected chi connectivity index (χ0v) is 25.6. The second kappa shape index (κ2) is 12.3. The molecule has 3 aliphatic rings. The summed E-state index contributed by atoms with van der Waals surface area (Å²) in [4.78, 5) is 49.3. The van der Waals surface area contributed by atoms with Gasteiger partial charge in [-0.3, -0.25) is 18.3 Å². The Labute approximate surface area is 255 Å². The number of quaternary nitrogens is 2. The molecule has 26 heteroatoms. The number of hydrogen-bond acceptors (Lipinski definition) is 18. The molecule has 0 radical (unpaired) electrons. The molecular formula is C20H28F2N12O10P2. The van der Waals surface area contributed by atoms with Gasteiger partial charge < -0.3 is 61.1 Å². The number of phosphoric acid groups is 2. The smallest absolute Gasteiger partial charge is 0.268 e. The van der Waals surface area contributed by atoms with Gasteiger partial charge in [-0.05, 0) is 0 Å². The van der Waals surface area contributed by atoms with Gasteiger partial charge >= 0.3 is 0 Å². The molecule has 3 aliphatic heterocycles. The Kier molecular flexibility index (Phi) is 9.11. The van der Waals surface area contributed by atoms with E-state index in [0.29, 0.717) is 0 Å². The molecule has 3 fully saturated rings. The van der Waals surface area contributed by atoms with Crippen LogP contribution in [0.5, 0.6) is 0 Å². The maximum Gasteiger partial charge on any atom is 0.268 e. The summed E-state index contributed by atoms with van der Waals surface area (Å²) < 4.78 is 90.5. The van der Waals surface area contributed by atoms with Gasteiger partial charge in [0.1, 0.15) is 48.1 Å². The van der Waals surface area contributed by atoms with Crippen LogP contribution in [0.25, 0.3) is 22.3 Å². The second-order valence-electron chi connectivity index (χ2n) is 9.81. The van der Waals surface area contributed by atoms with Gasteiger partial charge in [-0.15, -0.1) is 0 Å². The Morgan fingerprint density at radius 2 is 1.11 bits per heavy atom. The van der Waals surface area contributed by atoms with Crippen LogP contribution < -0.4 is 33.6 Å². The monoisotopic (exact) mass is 696 g/mol. The largest absolute Gasteiger partial charge is 0.756 e. The van der Waals surface area contributed by atoms with Crippen molar-refractivity contribution >= 4 is 49.6 Å². The van der Waals surface area contributed by atoms with E-state index in [0.717, 1.165) is 34.4 Å². The average molecular weight is 696 g/mol. The number of nitrogens with two attached hydrogens (primary N) is 2. The fourth-order valence-corrected chi connectivity index (χ4v) is 7.04. The Bertz CT molecular complexity index is 1710. The van der Waals surface area contributed by atoms with Crippen LogP contribution in [0.3, 0.4) is 0 Å². The number of nitrogen functional groups attached to an aromatic ring is 2. The number of fused-ring (bicyclic) bond motifs is 4. The van der Waals surface area contributed by atoms with Gasteiger partial charge in [0.2, 0.25) is 0 Å². The highest BCUT2D eigenvalue weighted by Gasteiger charge is 2.52. The average Bonchev–Trinajstić information content (AvgIpc) is 3.73. The maximum absolute atomic E-state index is 15.8. The van der Waals surface area contributed by atoms with E-state index in [9.17, 15) is 18.9 Å². The van der Waals surface area contributed by atoms with Gasteiger partial charge in [-0.25, -0.2) is 38.7 Å². The van der Waals surface area contributed by atoms with E-state index in [1.54, 1.807) is 0 Å². The molecule has 7 heterocycles. The molecule has 10 atom stereocenters. The van der Waals surface area contributed by atoms with E-state index in [1.807, 2.05) is 0 Å². The fourth-order valence-electron chi connectivity index (χ4n) is 5.16. The van der Waals surface area contributed by atoms with E-state index in [-0.39, 0.29) is 46.3 Å². The summed E-state index contributed by atoms with van der Waals surface area (Å²) in [5.74, 6) is -0.0372. The first-order chi connectivity index (χ1) is 20.9. The number of rotatable bonds is 2. The number of hydrogen-bond donors (Lipinski definition) is 4. The molecule has 3 saturated heterocycles. The Morgan fingerprint density at radius 1 is 0.717 bits per heavy atom. The summed E-state index contributed by atoms with van der Waals surface area (Å²) in [5.41, 5.74) is 11.8. The minimum atomic E-state index is -5.39. The molecule has 4 aromatic rings. The van der Waals surface area contributed by atoms with Gasteiger partial charge in [0.15, 0.2) is 47.7 Å². The third-order valence-corrected chi connectivity index (χ3v) is 9.09. The zero-order valence-electron chi connectivity index (χ0n) is 23.8. The van der Waals surface area contributed by atoms with E-state index in [2.05, 4.69) is 29.9 Å². The standard InChI is InChI=1S/C20H22F2N10O10P2.2H3N/c21-9-13-7(39-19(9)31-5-29-11-15(23)25-3-27-17(11)31)1-37-43(33,34)42-14-8(2-38-44(35,36)41-13)40-20(10(14)22)32-6-30-12-16(24)26-4-28-18(12)32;;/h3-10,13-14,19-20H,1-2H2,(H,33,34)(H,35,36)(H2,23,25,27)(H2,24,26,28);2*1H3/t7-,8-,9-,10-,13-,14-,19-,20-;;/m1../s1. The minimum Gasteiger partial charge on any atom is -0.756 e. The lowest BCUT2D eigenvalue weighted by molar-refractivity contribution is -0.244. The zero-order chi connectivity index (χ0) is 31.0. The van der Waals surface area contributed by atoms with Crippen molar-refractivity contribution in [2.24, 2.45) is 0 Å². The number of halogens is 2. The maximum atomic E-state index is 15.8. The number of ether oxygens (including phenoxy) is 2. The highest BCUT2D eigenvalue weighted by molar-refractivity contribution is 7.46.